The molecule has 0 atom stereocenters. The van der Waals surface area contributed by atoms with Gasteiger partial charge in [-0.2, -0.15) is 0 Å². The highest BCUT2D eigenvalue weighted by atomic mass is 28.3. The maximum atomic E-state index is 6.95. The van der Waals surface area contributed by atoms with E-state index in [-0.39, 0.29) is 5.04 Å². The monoisotopic (exact) mass is 317 g/mol. The topological polar surface area (TPSA) is 26.0 Å². The Morgan fingerprint density at radius 3 is 1.04 bits per heavy atom. The lowest BCUT2D eigenvalue weighted by Gasteiger charge is -2.44. The Morgan fingerprint density at radius 1 is 0.565 bits per heavy atom. The average molecular weight is 318 g/mol. The Labute approximate surface area is 139 Å². The van der Waals surface area contributed by atoms with Gasteiger partial charge in [-0.15, -0.1) is 0 Å². The zero-order valence-electron chi connectivity index (χ0n) is 13.7. The summed E-state index contributed by atoms with van der Waals surface area (Å²) >= 11 is 0. The molecule has 2 N–H and O–H groups in total. The summed E-state index contributed by atoms with van der Waals surface area (Å²) in [6.45, 7) is 4.50. The number of nitrogens with two attached hydrogens (primary N) is 1. The van der Waals surface area contributed by atoms with E-state index in [9.17, 15) is 0 Å². The molecule has 0 aromatic heterocycles. The van der Waals surface area contributed by atoms with E-state index in [0.717, 1.165) is 0 Å². The fourth-order valence-electron chi connectivity index (χ4n) is 3.68. The average Bonchev–Trinajstić information content (AvgIpc) is 2.57. The molecule has 0 heterocycles. The Hall–Kier alpha value is -2.16. The summed E-state index contributed by atoms with van der Waals surface area (Å²) in [5.41, 5.74) is 3.82. The van der Waals surface area contributed by atoms with Gasteiger partial charge in [-0.3, -0.25) is 0 Å². The third kappa shape index (κ3) is 2.65. The molecule has 0 aliphatic carbocycles. The van der Waals surface area contributed by atoms with E-state index >= 15 is 0 Å². The van der Waals surface area contributed by atoms with Gasteiger partial charge in [0.1, 0.15) is 8.24 Å². The molecule has 3 aromatic carbocycles. The molecule has 0 amide bonds. The van der Waals surface area contributed by atoms with Crippen LogP contribution in [0.3, 0.4) is 0 Å². The van der Waals surface area contributed by atoms with Gasteiger partial charge in [0.2, 0.25) is 0 Å². The first-order valence-electron chi connectivity index (χ1n) is 8.02. The summed E-state index contributed by atoms with van der Waals surface area (Å²) in [5, 5.41) is 6.68. The van der Waals surface area contributed by atoms with Crippen LogP contribution in [0.1, 0.15) is 16.7 Å². The molecule has 23 heavy (non-hydrogen) atoms. The second-order valence-electron chi connectivity index (χ2n) is 6.57. The van der Waals surface area contributed by atoms with Crippen molar-refractivity contribution in [1.29, 1.82) is 0 Å². The normalized spacial score (nSPS) is 12.1. The standard InChI is InChI=1S/C21H23NSi/c1-23(2,22)21(18-12-6-3-7-13-18,19-14-8-4-9-15-19)20-16-10-5-11-17-20/h3-17H,22H2,1-2H3. The van der Waals surface area contributed by atoms with E-state index in [0.29, 0.717) is 0 Å². The van der Waals surface area contributed by atoms with Crippen LogP contribution in [-0.2, 0) is 5.04 Å². The first-order chi connectivity index (χ1) is 11.1. The molecule has 0 bridgehead atoms. The van der Waals surface area contributed by atoms with Gasteiger partial charge in [0, 0.05) is 0 Å². The molecule has 0 aliphatic heterocycles. The van der Waals surface area contributed by atoms with E-state index in [1.807, 2.05) is 0 Å². The Morgan fingerprint density at radius 2 is 0.826 bits per heavy atom. The second-order valence-corrected chi connectivity index (χ2v) is 10.8. The third-order valence-electron chi connectivity index (χ3n) is 4.59. The molecule has 0 radical (unpaired) electrons. The SMILES string of the molecule is C[Si](C)(N)C(c1ccccc1)(c1ccccc1)c1ccccc1. The first-order valence-corrected chi connectivity index (χ1v) is 11.1. The van der Waals surface area contributed by atoms with Crippen LogP contribution < -0.4 is 5.40 Å². The van der Waals surface area contributed by atoms with Gasteiger partial charge >= 0.3 is 0 Å². The predicted octanol–water partition coefficient (Wildman–Crippen LogP) is 4.72. The smallest absolute Gasteiger partial charge is 0.137 e. The number of benzene rings is 3. The molecule has 2 heteroatoms. The van der Waals surface area contributed by atoms with Crippen LogP contribution in [0.15, 0.2) is 91.0 Å². The van der Waals surface area contributed by atoms with Crippen molar-refractivity contribution in [3.05, 3.63) is 108 Å². The van der Waals surface area contributed by atoms with E-state index in [2.05, 4.69) is 104 Å². The summed E-state index contributed by atoms with van der Waals surface area (Å²) in [6.07, 6.45) is 0. The highest BCUT2D eigenvalue weighted by Crippen LogP contribution is 2.44. The van der Waals surface area contributed by atoms with Crippen LogP contribution >= 0.6 is 0 Å². The minimum Gasteiger partial charge on any atom is -0.350 e. The van der Waals surface area contributed by atoms with Crippen LogP contribution in [-0.4, -0.2) is 8.24 Å². The van der Waals surface area contributed by atoms with Gasteiger partial charge in [-0.25, -0.2) is 0 Å². The second kappa shape index (κ2) is 6.15. The van der Waals surface area contributed by atoms with Crippen LogP contribution in [0.25, 0.3) is 0 Å². The van der Waals surface area contributed by atoms with Crippen molar-refractivity contribution in [1.82, 2.24) is 0 Å². The lowest BCUT2D eigenvalue weighted by Crippen LogP contribution is -2.60. The zero-order valence-corrected chi connectivity index (χ0v) is 14.7. The molecular formula is C21H23NSi. The molecule has 0 fully saturated rings. The van der Waals surface area contributed by atoms with Gasteiger partial charge in [-0.05, 0) is 16.7 Å². The third-order valence-corrected chi connectivity index (χ3v) is 7.39. The molecule has 0 spiro atoms. The molecule has 0 saturated carbocycles. The van der Waals surface area contributed by atoms with Gasteiger partial charge < -0.3 is 5.40 Å². The van der Waals surface area contributed by atoms with E-state index in [1.54, 1.807) is 0 Å². The summed E-state index contributed by atoms with van der Waals surface area (Å²) < 4.78 is 0. The van der Waals surface area contributed by atoms with E-state index in [4.69, 9.17) is 5.40 Å². The van der Waals surface area contributed by atoms with Crippen LogP contribution in [0.4, 0.5) is 0 Å². The lowest BCUT2D eigenvalue weighted by atomic mass is 9.84. The molecule has 3 rings (SSSR count). The minimum atomic E-state index is -2.16. The summed E-state index contributed by atoms with van der Waals surface area (Å²) in [5.74, 6) is 0. The first kappa shape index (κ1) is 15.7. The molecule has 0 unspecified atom stereocenters. The maximum Gasteiger partial charge on any atom is 0.137 e. The van der Waals surface area contributed by atoms with E-state index in [1.165, 1.54) is 16.7 Å². The molecule has 3 aromatic rings. The largest absolute Gasteiger partial charge is 0.350 e. The lowest BCUT2D eigenvalue weighted by molar-refractivity contribution is 0.822. The molecular weight excluding hydrogens is 294 g/mol. The van der Waals surface area contributed by atoms with Crippen molar-refractivity contribution in [2.75, 3.05) is 0 Å². The number of hydrogen-bond donors (Lipinski definition) is 1. The quantitative estimate of drug-likeness (QED) is 0.546. The molecule has 0 aliphatic rings. The zero-order chi connectivity index (χ0) is 16.3. The number of hydrogen-bond acceptors (Lipinski definition) is 1. The Balaban J connectivity index is 2.41. The molecule has 0 saturated heterocycles. The van der Waals surface area contributed by atoms with Crippen molar-refractivity contribution >= 4 is 8.24 Å². The predicted molar refractivity (Wildman–Crippen MR) is 101 cm³/mol. The van der Waals surface area contributed by atoms with Gasteiger partial charge in [0.25, 0.3) is 0 Å². The number of rotatable bonds is 4. The van der Waals surface area contributed by atoms with E-state index < -0.39 is 8.24 Å². The minimum absolute atomic E-state index is 0.267. The fraction of sp³-hybridized carbons (Fsp3) is 0.143. The molecule has 1 nitrogen and oxygen atoms in total. The van der Waals surface area contributed by atoms with Crippen molar-refractivity contribution in [3.8, 4) is 0 Å². The Bertz CT molecular complexity index is 649. The van der Waals surface area contributed by atoms with Crippen molar-refractivity contribution in [2.45, 2.75) is 18.1 Å². The molecule has 116 valence electrons. The summed E-state index contributed by atoms with van der Waals surface area (Å²) in [6, 6.07) is 32.1. The van der Waals surface area contributed by atoms with Gasteiger partial charge in [0.15, 0.2) is 0 Å². The van der Waals surface area contributed by atoms with Crippen molar-refractivity contribution < 1.29 is 0 Å². The fourth-order valence-corrected chi connectivity index (χ4v) is 6.41. The summed E-state index contributed by atoms with van der Waals surface area (Å²) in [7, 11) is -2.16. The van der Waals surface area contributed by atoms with Crippen LogP contribution in [0.2, 0.25) is 13.1 Å². The van der Waals surface area contributed by atoms with Crippen LogP contribution in [0, 0.1) is 0 Å². The van der Waals surface area contributed by atoms with Crippen molar-refractivity contribution in [2.24, 2.45) is 5.40 Å². The van der Waals surface area contributed by atoms with Gasteiger partial charge in [-0.1, -0.05) is 104 Å². The van der Waals surface area contributed by atoms with Crippen molar-refractivity contribution in [3.63, 3.8) is 0 Å². The van der Waals surface area contributed by atoms with Gasteiger partial charge in [0.05, 0.1) is 5.04 Å². The highest BCUT2D eigenvalue weighted by molar-refractivity contribution is 6.78. The maximum absolute atomic E-state index is 6.95. The Kier molecular flexibility index (Phi) is 4.20. The van der Waals surface area contributed by atoms with Crippen LogP contribution in [0.5, 0.6) is 0 Å². The highest BCUT2D eigenvalue weighted by Gasteiger charge is 2.48. The summed E-state index contributed by atoms with van der Waals surface area (Å²) in [4.78, 5) is 0.